The van der Waals surface area contributed by atoms with Gasteiger partial charge < -0.3 is 19.6 Å². The van der Waals surface area contributed by atoms with Crippen molar-refractivity contribution in [3.05, 3.63) is 64.5 Å². The molecule has 0 atom stereocenters. The minimum atomic E-state index is -0.207. The highest BCUT2D eigenvalue weighted by molar-refractivity contribution is 5.63. The summed E-state index contributed by atoms with van der Waals surface area (Å²) in [6, 6.07) is 10.3. The molecule has 0 saturated carbocycles. The maximum Gasteiger partial charge on any atom is 0.226 e. The van der Waals surface area contributed by atoms with Gasteiger partial charge in [0.25, 0.3) is 0 Å². The Morgan fingerprint density at radius 1 is 1.00 bits per heavy atom. The smallest absolute Gasteiger partial charge is 0.226 e. The fourth-order valence-corrected chi connectivity index (χ4v) is 3.97. The van der Waals surface area contributed by atoms with Gasteiger partial charge in [-0.3, -0.25) is 0 Å². The van der Waals surface area contributed by atoms with Crippen molar-refractivity contribution >= 4 is 0 Å². The average Bonchev–Trinajstić information content (AvgIpc) is 3.21. The zero-order valence-electron chi connectivity index (χ0n) is 22.0. The van der Waals surface area contributed by atoms with Crippen LogP contribution >= 0.6 is 0 Å². The molecule has 5 heteroatoms. The molecule has 5 nitrogen and oxygen atoms in total. The Bertz CT molecular complexity index is 1080. The van der Waals surface area contributed by atoms with E-state index in [1.165, 1.54) is 5.56 Å². The lowest BCUT2D eigenvalue weighted by Gasteiger charge is -2.27. The summed E-state index contributed by atoms with van der Waals surface area (Å²) in [6.07, 6.45) is 2.35. The van der Waals surface area contributed by atoms with E-state index in [2.05, 4.69) is 72.8 Å². The van der Waals surface area contributed by atoms with E-state index in [4.69, 9.17) is 14.1 Å². The third kappa shape index (κ3) is 6.20. The van der Waals surface area contributed by atoms with Gasteiger partial charge in [-0.05, 0) is 42.5 Å². The SMILES string of the molecule is CCNCc1cc(C)ccc1OCCc1coc(-c2cc(C(C)(C)C)c(O)c(C(C)(C)C)c2)n1. The number of nitrogens with zero attached hydrogens (tertiary/aromatic N) is 1. The zero-order valence-corrected chi connectivity index (χ0v) is 22.0. The molecule has 0 fully saturated rings. The minimum Gasteiger partial charge on any atom is -0.507 e. The van der Waals surface area contributed by atoms with Gasteiger partial charge in [0.2, 0.25) is 5.89 Å². The first-order chi connectivity index (χ1) is 15.9. The van der Waals surface area contributed by atoms with Crippen LogP contribution in [-0.2, 0) is 23.8 Å². The fourth-order valence-electron chi connectivity index (χ4n) is 3.97. The van der Waals surface area contributed by atoms with E-state index in [-0.39, 0.29) is 10.8 Å². The molecule has 0 bridgehead atoms. The van der Waals surface area contributed by atoms with Crippen LogP contribution in [0.25, 0.3) is 11.5 Å². The molecule has 34 heavy (non-hydrogen) atoms. The molecule has 1 heterocycles. The molecular formula is C29H40N2O3. The molecular weight excluding hydrogens is 424 g/mol. The first kappa shape index (κ1) is 25.8. The van der Waals surface area contributed by atoms with Crippen LogP contribution in [0.15, 0.2) is 41.0 Å². The number of hydrogen-bond donors (Lipinski definition) is 2. The lowest BCUT2D eigenvalue weighted by atomic mass is 9.78. The Balaban J connectivity index is 1.79. The van der Waals surface area contributed by atoms with Crippen LogP contribution in [0.2, 0.25) is 0 Å². The second kappa shape index (κ2) is 10.2. The van der Waals surface area contributed by atoms with E-state index in [0.717, 1.165) is 46.8 Å². The van der Waals surface area contributed by atoms with Gasteiger partial charge >= 0.3 is 0 Å². The first-order valence-corrected chi connectivity index (χ1v) is 12.2. The molecule has 2 aromatic carbocycles. The number of hydrogen-bond acceptors (Lipinski definition) is 5. The predicted molar refractivity (Wildman–Crippen MR) is 139 cm³/mol. The van der Waals surface area contributed by atoms with Gasteiger partial charge in [-0.1, -0.05) is 66.2 Å². The van der Waals surface area contributed by atoms with Crippen LogP contribution in [-0.4, -0.2) is 23.2 Å². The summed E-state index contributed by atoms with van der Waals surface area (Å²) in [6.45, 7) is 19.0. The van der Waals surface area contributed by atoms with Crippen molar-refractivity contribution in [2.24, 2.45) is 0 Å². The standard InChI is InChI=1S/C29H40N2O3/c1-9-30-17-21-14-19(2)10-11-25(21)33-13-12-22-18-34-27(31-22)20-15-23(28(3,4)5)26(32)24(16-20)29(6,7)8/h10-11,14-16,18,30,32H,9,12-13,17H2,1-8H3. The zero-order chi connectivity index (χ0) is 25.1. The summed E-state index contributed by atoms with van der Waals surface area (Å²) < 4.78 is 12.0. The molecule has 0 saturated heterocycles. The molecule has 0 aliphatic rings. The van der Waals surface area contributed by atoms with Crippen LogP contribution in [0, 0.1) is 6.92 Å². The third-order valence-corrected chi connectivity index (χ3v) is 5.92. The molecule has 0 aliphatic heterocycles. The predicted octanol–water partition coefficient (Wildman–Crippen LogP) is 6.68. The first-order valence-electron chi connectivity index (χ1n) is 12.2. The number of rotatable bonds is 8. The Labute approximate surface area is 204 Å². The quantitative estimate of drug-likeness (QED) is 0.389. The van der Waals surface area contributed by atoms with Crippen molar-refractivity contribution in [3.63, 3.8) is 0 Å². The minimum absolute atomic E-state index is 0.207. The number of oxazole rings is 1. The second-order valence-corrected chi connectivity index (χ2v) is 11.1. The van der Waals surface area contributed by atoms with Crippen LogP contribution < -0.4 is 10.1 Å². The Kier molecular flexibility index (Phi) is 7.77. The van der Waals surface area contributed by atoms with Crippen molar-refractivity contribution in [2.75, 3.05) is 13.2 Å². The largest absolute Gasteiger partial charge is 0.507 e. The lowest BCUT2D eigenvalue weighted by molar-refractivity contribution is 0.316. The molecule has 1 aromatic heterocycles. The normalized spacial score (nSPS) is 12.2. The molecule has 3 rings (SSSR count). The summed E-state index contributed by atoms with van der Waals surface area (Å²) in [5.41, 5.74) is 5.49. The molecule has 0 amide bonds. The van der Waals surface area contributed by atoms with Gasteiger partial charge in [-0.25, -0.2) is 4.98 Å². The molecule has 0 radical (unpaired) electrons. The monoisotopic (exact) mass is 464 g/mol. The maximum absolute atomic E-state index is 11.0. The average molecular weight is 465 g/mol. The number of benzene rings is 2. The Morgan fingerprint density at radius 2 is 1.65 bits per heavy atom. The van der Waals surface area contributed by atoms with Gasteiger partial charge in [0.1, 0.15) is 17.8 Å². The van der Waals surface area contributed by atoms with E-state index in [1.54, 1.807) is 6.26 Å². The highest BCUT2D eigenvalue weighted by Gasteiger charge is 2.27. The summed E-state index contributed by atoms with van der Waals surface area (Å²) in [5.74, 6) is 1.82. The van der Waals surface area contributed by atoms with Crippen molar-refractivity contribution in [3.8, 4) is 23.0 Å². The third-order valence-electron chi connectivity index (χ3n) is 5.92. The number of ether oxygens (including phenoxy) is 1. The van der Waals surface area contributed by atoms with Gasteiger partial charge in [0.05, 0.1) is 12.3 Å². The Hall–Kier alpha value is -2.79. The summed E-state index contributed by atoms with van der Waals surface area (Å²) >= 11 is 0. The summed E-state index contributed by atoms with van der Waals surface area (Å²) in [5, 5.41) is 14.4. The number of aromatic nitrogens is 1. The number of phenols is 1. The van der Waals surface area contributed by atoms with E-state index in [9.17, 15) is 5.11 Å². The van der Waals surface area contributed by atoms with Crippen molar-refractivity contribution in [1.82, 2.24) is 10.3 Å². The highest BCUT2D eigenvalue weighted by atomic mass is 16.5. The van der Waals surface area contributed by atoms with E-state index in [1.807, 2.05) is 18.2 Å². The molecule has 2 N–H and O–H groups in total. The second-order valence-electron chi connectivity index (χ2n) is 11.1. The van der Waals surface area contributed by atoms with Crippen LogP contribution in [0.3, 0.4) is 0 Å². The highest BCUT2D eigenvalue weighted by Crippen LogP contribution is 2.41. The molecule has 0 aliphatic carbocycles. The van der Waals surface area contributed by atoms with Gasteiger partial charge in [0, 0.05) is 35.2 Å². The maximum atomic E-state index is 11.0. The van der Waals surface area contributed by atoms with E-state index < -0.39 is 0 Å². The van der Waals surface area contributed by atoms with Gasteiger partial charge in [-0.15, -0.1) is 0 Å². The summed E-state index contributed by atoms with van der Waals surface area (Å²) in [4.78, 5) is 4.73. The van der Waals surface area contributed by atoms with Crippen LogP contribution in [0.5, 0.6) is 11.5 Å². The molecule has 3 aromatic rings. The van der Waals surface area contributed by atoms with Crippen LogP contribution in [0.4, 0.5) is 0 Å². The van der Waals surface area contributed by atoms with Gasteiger partial charge in [0.15, 0.2) is 0 Å². The van der Waals surface area contributed by atoms with E-state index in [0.29, 0.717) is 24.7 Å². The van der Waals surface area contributed by atoms with Crippen LogP contribution in [0.1, 0.15) is 76.4 Å². The number of aryl methyl sites for hydroxylation is 1. The lowest BCUT2D eigenvalue weighted by Crippen LogP contribution is -2.17. The number of aromatic hydroxyl groups is 1. The Morgan fingerprint density at radius 3 is 2.24 bits per heavy atom. The topological polar surface area (TPSA) is 67.5 Å². The van der Waals surface area contributed by atoms with Gasteiger partial charge in [-0.2, -0.15) is 0 Å². The summed E-state index contributed by atoms with van der Waals surface area (Å²) in [7, 11) is 0. The van der Waals surface area contributed by atoms with Crippen molar-refractivity contribution < 1.29 is 14.3 Å². The molecule has 184 valence electrons. The van der Waals surface area contributed by atoms with Crippen molar-refractivity contribution in [1.29, 1.82) is 0 Å². The number of nitrogens with one attached hydrogen (secondary N) is 1. The van der Waals surface area contributed by atoms with Crippen molar-refractivity contribution in [2.45, 2.75) is 79.2 Å². The fraction of sp³-hybridized carbons (Fsp3) is 0.483. The molecule has 0 spiro atoms. The van der Waals surface area contributed by atoms with E-state index >= 15 is 0 Å². The number of phenolic OH excluding ortho intramolecular Hbond substituents is 1. The molecule has 0 unspecified atom stereocenters.